The van der Waals surface area contributed by atoms with E-state index in [0.717, 1.165) is 48.2 Å². The molecule has 2 aromatic rings. The molecule has 2 heterocycles. The third-order valence-corrected chi connectivity index (χ3v) is 4.09. The summed E-state index contributed by atoms with van der Waals surface area (Å²) in [6, 6.07) is 10.0. The van der Waals surface area contributed by atoms with Crippen molar-refractivity contribution in [2.24, 2.45) is 0 Å². The molecule has 4 heteroatoms. The lowest BCUT2D eigenvalue weighted by atomic mass is 10.1. The van der Waals surface area contributed by atoms with Crippen molar-refractivity contribution in [3.8, 4) is 12.3 Å². The smallest absolute Gasteiger partial charge is 0.134 e. The molecule has 0 spiro atoms. The van der Waals surface area contributed by atoms with E-state index in [-0.39, 0.29) is 12.7 Å². The standard InChI is InChI=1S/C18H20N2O2/c1-2-11-22-16-7-9-20(10-8-16)18-15(13-21)12-14-5-3-4-6-17(14)19-18/h1,3-6,12,16,21H,7-11,13H2. The number of nitrogens with zero attached hydrogens (tertiary/aromatic N) is 2. The van der Waals surface area contributed by atoms with Gasteiger partial charge in [-0.05, 0) is 25.0 Å². The van der Waals surface area contributed by atoms with Crippen molar-refractivity contribution >= 4 is 16.7 Å². The number of pyridine rings is 1. The summed E-state index contributed by atoms with van der Waals surface area (Å²) >= 11 is 0. The Morgan fingerprint density at radius 2 is 2.09 bits per heavy atom. The summed E-state index contributed by atoms with van der Waals surface area (Å²) in [4.78, 5) is 6.98. The zero-order valence-electron chi connectivity index (χ0n) is 12.5. The van der Waals surface area contributed by atoms with Gasteiger partial charge in [0.05, 0.1) is 18.2 Å². The van der Waals surface area contributed by atoms with Gasteiger partial charge in [0.1, 0.15) is 12.4 Å². The van der Waals surface area contributed by atoms with Gasteiger partial charge in [0.15, 0.2) is 0 Å². The van der Waals surface area contributed by atoms with Crippen molar-refractivity contribution in [1.82, 2.24) is 4.98 Å². The van der Waals surface area contributed by atoms with E-state index in [1.54, 1.807) is 0 Å². The van der Waals surface area contributed by atoms with Crippen LogP contribution in [0, 0.1) is 12.3 Å². The number of aromatic nitrogens is 1. The third-order valence-electron chi connectivity index (χ3n) is 4.09. The van der Waals surface area contributed by atoms with Gasteiger partial charge in [0.2, 0.25) is 0 Å². The number of hydrogen-bond donors (Lipinski definition) is 1. The van der Waals surface area contributed by atoms with Gasteiger partial charge in [-0.3, -0.25) is 0 Å². The number of aliphatic hydroxyl groups is 1. The molecule has 1 aromatic heterocycles. The van der Waals surface area contributed by atoms with Crippen LogP contribution in [-0.2, 0) is 11.3 Å². The third kappa shape index (κ3) is 3.06. The highest BCUT2D eigenvalue weighted by molar-refractivity contribution is 5.81. The van der Waals surface area contributed by atoms with Crippen molar-refractivity contribution < 1.29 is 9.84 Å². The molecule has 0 radical (unpaired) electrons. The summed E-state index contributed by atoms with van der Waals surface area (Å²) in [5.41, 5.74) is 1.84. The zero-order chi connectivity index (χ0) is 15.4. The van der Waals surface area contributed by atoms with E-state index in [1.807, 2.05) is 30.3 Å². The van der Waals surface area contributed by atoms with Crippen LogP contribution in [0.5, 0.6) is 0 Å². The SMILES string of the molecule is C#CCOC1CCN(c2nc3ccccc3cc2CO)CC1. The Kier molecular flexibility index (Phi) is 4.57. The molecule has 1 aromatic carbocycles. The Morgan fingerprint density at radius 3 is 2.82 bits per heavy atom. The molecule has 0 aliphatic carbocycles. The number of para-hydroxylation sites is 1. The van der Waals surface area contributed by atoms with Crippen LogP contribution in [0.25, 0.3) is 10.9 Å². The largest absolute Gasteiger partial charge is 0.392 e. The highest BCUT2D eigenvalue weighted by Crippen LogP contribution is 2.26. The monoisotopic (exact) mass is 296 g/mol. The first-order valence-electron chi connectivity index (χ1n) is 7.61. The molecule has 0 unspecified atom stereocenters. The first-order chi connectivity index (χ1) is 10.8. The Balaban J connectivity index is 1.80. The highest BCUT2D eigenvalue weighted by atomic mass is 16.5. The number of rotatable bonds is 4. The van der Waals surface area contributed by atoms with E-state index in [4.69, 9.17) is 16.1 Å². The second kappa shape index (κ2) is 6.78. The molecule has 1 saturated heterocycles. The highest BCUT2D eigenvalue weighted by Gasteiger charge is 2.22. The van der Waals surface area contributed by atoms with E-state index < -0.39 is 0 Å². The second-order valence-corrected chi connectivity index (χ2v) is 5.52. The molecule has 1 fully saturated rings. The lowest BCUT2D eigenvalue weighted by Gasteiger charge is -2.33. The fourth-order valence-electron chi connectivity index (χ4n) is 2.94. The molecule has 1 aliphatic rings. The number of anilines is 1. The molecule has 0 atom stereocenters. The van der Waals surface area contributed by atoms with Crippen LogP contribution in [-0.4, -0.2) is 35.9 Å². The summed E-state index contributed by atoms with van der Waals surface area (Å²) < 4.78 is 5.61. The first-order valence-corrected chi connectivity index (χ1v) is 7.61. The van der Waals surface area contributed by atoms with Crippen LogP contribution >= 0.6 is 0 Å². The van der Waals surface area contributed by atoms with Gasteiger partial charge in [-0.1, -0.05) is 24.1 Å². The van der Waals surface area contributed by atoms with Crippen LogP contribution in [0.2, 0.25) is 0 Å². The minimum Gasteiger partial charge on any atom is -0.392 e. The number of ether oxygens (including phenoxy) is 1. The Bertz CT molecular complexity index is 685. The summed E-state index contributed by atoms with van der Waals surface area (Å²) in [5, 5.41) is 10.7. The average Bonchev–Trinajstić information content (AvgIpc) is 2.59. The minimum absolute atomic E-state index is 0.000684. The Labute approximate surface area is 130 Å². The maximum Gasteiger partial charge on any atom is 0.134 e. The second-order valence-electron chi connectivity index (χ2n) is 5.52. The van der Waals surface area contributed by atoms with E-state index in [1.165, 1.54) is 0 Å². The Hall–Kier alpha value is -2.09. The maximum absolute atomic E-state index is 9.66. The van der Waals surface area contributed by atoms with Crippen molar-refractivity contribution in [2.75, 3.05) is 24.6 Å². The predicted molar refractivity (Wildman–Crippen MR) is 87.7 cm³/mol. The van der Waals surface area contributed by atoms with Gasteiger partial charge in [-0.15, -0.1) is 6.42 Å². The van der Waals surface area contributed by atoms with Crippen molar-refractivity contribution in [3.63, 3.8) is 0 Å². The number of piperidine rings is 1. The number of aliphatic hydroxyl groups excluding tert-OH is 1. The van der Waals surface area contributed by atoms with Crippen molar-refractivity contribution in [2.45, 2.75) is 25.6 Å². The molecule has 4 nitrogen and oxygen atoms in total. The fraction of sp³-hybridized carbons (Fsp3) is 0.389. The molecule has 22 heavy (non-hydrogen) atoms. The molecule has 114 valence electrons. The van der Waals surface area contributed by atoms with E-state index in [0.29, 0.717) is 6.61 Å². The van der Waals surface area contributed by atoms with Gasteiger partial charge in [-0.2, -0.15) is 0 Å². The maximum atomic E-state index is 9.66. The molecule has 1 aliphatic heterocycles. The lowest BCUT2D eigenvalue weighted by molar-refractivity contribution is 0.0594. The summed E-state index contributed by atoms with van der Waals surface area (Å²) in [6.07, 6.45) is 7.32. The fourth-order valence-corrected chi connectivity index (χ4v) is 2.94. The predicted octanol–water partition coefficient (Wildman–Crippen LogP) is 2.35. The molecule has 1 N–H and O–H groups in total. The molecule has 0 amide bonds. The van der Waals surface area contributed by atoms with Gasteiger partial charge in [-0.25, -0.2) is 4.98 Å². The normalized spacial score (nSPS) is 15.9. The molecular formula is C18H20N2O2. The van der Waals surface area contributed by atoms with Gasteiger partial charge >= 0.3 is 0 Å². The van der Waals surface area contributed by atoms with Gasteiger partial charge < -0.3 is 14.7 Å². The van der Waals surface area contributed by atoms with E-state index in [9.17, 15) is 5.11 Å². The summed E-state index contributed by atoms with van der Waals surface area (Å²) in [7, 11) is 0. The number of fused-ring (bicyclic) bond motifs is 1. The van der Waals surface area contributed by atoms with Crippen LogP contribution in [0.4, 0.5) is 5.82 Å². The summed E-state index contributed by atoms with van der Waals surface area (Å²) in [6.45, 7) is 2.11. The number of terminal acetylenes is 1. The van der Waals surface area contributed by atoms with Crippen molar-refractivity contribution in [1.29, 1.82) is 0 Å². The van der Waals surface area contributed by atoms with Crippen molar-refractivity contribution in [3.05, 3.63) is 35.9 Å². The van der Waals surface area contributed by atoms with Crippen LogP contribution < -0.4 is 4.90 Å². The van der Waals surface area contributed by atoms with E-state index >= 15 is 0 Å². The first kappa shape index (κ1) is 14.8. The van der Waals surface area contributed by atoms with Crippen LogP contribution in [0.1, 0.15) is 18.4 Å². The minimum atomic E-state index is 0.000684. The molecule has 0 bridgehead atoms. The summed E-state index contributed by atoms with van der Waals surface area (Å²) in [5.74, 6) is 3.40. The van der Waals surface area contributed by atoms with Gasteiger partial charge in [0, 0.05) is 24.0 Å². The average molecular weight is 296 g/mol. The number of benzene rings is 1. The van der Waals surface area contributed by atoms with Gasteiger partial charge in [0.25, 0.3) is 0 Å². The lowest BCUT2D eigenvalue weighted by Crippen LogP contribution is -2.38. The molecule has 3 rings (SSSR count). The quantitative estimate of drug-likeness (QED) is 0.880. The van der Waals surface area contributed by atoms with Crippen LogP contribution in [0.15, 0.2) is 30.3 Å². The Morgan fingerprint density at radius 1 is 1.32 bits per heavy atom. The zero-order valence-corrected chi connectivity index (χ0v) is 12.5. The van der Waals surface area contributed by atoms with E-state index in [2.05, 4.69) is 10.8 Å². The topological polar surface area (TPSA) is 45.6 Å². The molecular weight excluding hydrogens is 276 g/mol. The van der Waals surface area contributed by atoms with Crippen LogP contribution in [0.3, 0.4) is 0 Å². The number of hydrogen-bond acceptors (Lipinski definition) is 4. The molecule has 0 saturated carbocycles.